The van der Waals surface area contributed by atoms with Gasteiger partial charge in [0, 0.05) is 12.4 Å². The van der Waals surface area contributed by atoms with Crippen molar-refractivity contribution in [2.24, 2.45) is 0 Å². The van der Waals surface area contributed by atoms with Gasteiger partial charge in [0.2, 0.25) is 0 Å². The molecule has 0 aliphatic rings. The zero-order chi connectivity index (χ0) is 14.6. The molecule has 0 atom stereocenters. The smallest absolute Gasteiger partial charge is 0.260 e. The molecule has 0 fully saturated rings. The van der Waals surface area contributed by atoms with Crippen molar-refractivity contribution in [2.45, 2.75) is 13.3 Å². The number of rotatable bonds is 5. The van der Waals surface area contributed by atoms with Gasteiger partial charge in [-0.25, -0.2) is 17.6 Å². The Balaban J connectivity index is 3.12. The third kappa shape index (κ3) is 3.83. The molecule has 0 radical (unpaired) electrons. The van der Waals surface area contributed by atoms with Gasteiger partial charge in [0.1, 0.15) is 17.2 Å². The number of hydrogen-bond donors (Lipinski definition) is 0. The summed E-state index contributed by atoms with van der Waals surface area (Å²) in [6, 6.07) is 2.09. The topological polar surface area (TPSA) is 20.3 Å². The van der Waals surface area contributed by atoms with Gasteiger partial charge in [0.05, 0.1) is 6.54 Å². The van der Waals surface area contributed by atoms with E-state index in [-0.39, 0.29) is 18.0 Å². The van der Waals surface area contributed by atoms with Crippen molar-refractivity contribution >= 4 is 17.5 Å². The molecule has 0 bridgehead atoms. The number of hydrogen-bond acceptors (Lipinski definition) is 1. The Kier molecular flexibility index (Phi) is 5.60. The van der Waals surface area contributed by atoms with Crippen molar-refractivity contribution in [2.75, 3.05) is 19.0 Å². The molecular formula is C12H12ClF4NO. The molecule has 7 heteroatoms. The second-order valence-corrected chi connectivity index (χ2v) is 4.26. The molecule has 1 amide bonds. The molecular weight excluding hydrogens is 286 g/mol. The molecule has 106 valence electrons. The van der Waals surface area contributed by atoms with Crippen molar-refractivity contribution in [3.63, 3.8) is 0 Å². The fourth-order valence-corrected chi connectivity index (χ4v) is 1.76. The van der Waals surface area contributed by atoms with Crippen LogP contribution in [0.1, 0.15) is 15.9 Å². The van der Waals surface area contributed by atoms with Crippen LogP contribution in [-0.2, 0) is 0 Å². The number of amides is 1. The quantitative estimate of drug-likeness (QED) is 0.603. The monoisotopic (exact) mass is 297 g/mol. The van der Waals surface area contributed by atoms with E-state index in [1.165, 1.54) is 13.0 Å². The maximum absolute atomic E-state index is 13.7. The number of carbonyl (C=O) groups is 1. The first kappa shape index (κ1) is 15.8. The molecule has 0 saturated carbocycles. The second-order valence-electron chi connectivity index (χ2n) is 3.88. The van der Waals surface area contributed by atoms with Crippen LogP contribution in [0.25, 0.3) is 0 Å². The van der Waals surface area contributed by atoms with Crippen LogP contribution in [0, 0.1) is 18.6 Å². The van der Waals surface area contributed by atoms with E-state index in [1.54, 1.807) is 0 Å². The summed E-state index contributed by atoms with van der Waals surface area (Å²) in [6.07, 6.45) is -2.80. The lowest BCUT2D eigenvalue weighted by Crippen LogP contribution is -2.37. The van der Waals surface area contributed by atoms with Gasteiger partial charge in [-0.15, -0.1) is 11.6 Å². The van der Waals surface area contributed by atoms with Crippen molar-refractivity contribution in [3.05, 3.63) is 34.9 Å². The van der Waals surface area contributed by atoms with E-state index in [4.69, 9.17) is 11.6 Å². The molecule has 1 aromatic rings. The minimum absolute atomic E-state index is 0.0626. The van der Waals surface area contributed by atoms with Crippen LogP contribution >= 0.6 is 11.6 Å². The van der Waals surface area contributed by atoms with E-state index >= 15 is 0 Å². The fourth-order valence-electron chi connectivity index (χ4n) is 1.56. The van der Waals surface area contributed by atoms with Gasteiger partial charge in [-0.3, -0.25) is 4.79 Å². The van der Waals surface area contributed by atoms with Crippen molar-refractivity contribution in [1.82, 2.24) is 4.90 Å². The van der Waals surface area contributed by atoms with Gasteiger partial charge in [-0.2, -0.15) is 0 Å². The third-order valence-electron chi connectivity index (χ3n) is 2.50. The minimum atomic E-state index is -2.80. The van der Waals surface area contributed by atoms with Gasteiger partial charge in [-0.1, -0.05) is 6.07 Å². The summed E-state index contributed by atoms with van der Waals surface area (Å²) in [6.45, 7) is 0.223. The maximum Gasteiger partial charge on any atom is 0.260 e. The van der Waals surface area contributed by atoms with Crippen molar-refractivity contribution < 1.29 is 22.4 Å². The first-order valence-corrected chi connectivity index (χ1v) is 6.00. The number of halogens is 5. The highest BCUT2D eigenvalue weighted by molar-refractivity contribution is 6.18. The molecule has 1 aromatic carbocycles. The van der Waals surface area contributed by atoms with Crippen LogP contribution in [0.4, 0.5) is 17.6 Å². The summed E-state index contributed by atoms with van der Waals surface area (Å²) < 4.78 is 51.9. The fraction of sp³-hybridized carbons (Fsp3) is 0.417. The molecule has 0 unspecified atom stereocenters. The largest absolute Gasteiger partial charge is 0.332 e. The Morgan fingerprint density at radius 3 is 2.53 bits per heavy atom. The zero-order valence-corrected chi connectivity index (χ0v) is 10.9. The van der Waals surface area contributed by atoms with E-state index in [9.17, 15) is 22.4 Å². The highest BCUT2D eigenvalue weighted by atomic mass is 35.5. The normalized spacial score (nSPS) is 10.9. The van der Waals surface area contributed by atoms with Crippen LogP contribution < -0.4 is 0 Å². The Hall–Kier alpha value is -1.30. The lowest BCUT2D eigenvalue weighted by molar-refractivity contribution is 0.0562. The second kappa shape index (κ2) is 6.75. The molecule has 0 heterocycles. The summed E-state index contributed by atoms with van der Waals surface area (Å²) in [7, 11) is 0. The lowest BCUT2D eigenvalue weighted by atomic mass is 10.1. The van der Waals surface area contributed by atoms with E-state index in [1.807, 2.05) is 0 Å². The van der Waals surface area contributed by atoms with Crippen LogP contribution in [0.5, 0.6) is 0 Å². The number of carbonyl (C=O) groups excluding carboxylic acids is 1. The van der Waals surface area contributed by atoms with E-state index in [2.05, 4.69) is 0 Å². The molecule has 0 aliphatic carbocycles. The maximum atomic E-state index is 13.7. The molecule has 19 heavy (non-hydrogen) atoms. The van der Waals surface area contributed by atoms with Crippen LogP contribution in [0.3, 0.4) is 0 Å². The standard InChI is InChI=1S/C12H12ClF4NO/c1-7-2-3-8(14)10(11(7)17)12(19)18(5-4-13)6-9(15)16/h2-3,9H,4-6H2,1H3. The number of aryl methyl sites for hydroxylation is 1. The average Bonchev–Trinajstić information content (AvgIpc) is 2.33. The van der Waals surface area contributed by atoms with Crippen molar-refractivity contribution in [3.8, 4) is 0 Å². The van der Waals surface area contributed by atoms with Gasteiger partial charge in [0.25, 0.3) is 12.3 Å². The summed E-state index contributed by atoms with van der Waals surface area (Å²) in [5.74, 6) is -3.35. The Morgan fingerprint density at radius 2 is 2.00 bits per heavy atom. The Labute approximate surface area is 113 Å². The van der Waals surface area contributed by atoms with Gasteiger partial charge < -0.3 is 4.90 Å². The molecule has 0 aromatic heterocycles. The lowest BCUT2D eigenvalue weighted by Gasteiger charge is -2.22. The zero-order valence-electron chi connectivity index (χ0n) is 10.1. The highest BCUT2D eigenvalue weighted by Crippen LogP contribution is 2.19. The molecule has 2 nitrogen and oxygen atoms in total. The predicted molar refractivity (Wildman–Crippen MR) is 63.7 cm³/mol. The number of nitrogens with zero attached hydrogens (tertiary/aromatic N) is 1. The molecule has 1 rings (SSSR count). The molecule has 0 saturated heterocycles. The van der Waals surface area contributed by atoms with Crippen LogP contribution in [0.2, 0.25) is 0 Å². The SMILES string of the molecule is Cc1ccc(F)c(C(=O)N(CCCl)CC(F)F)c1F. The molecule has 0 N–H and O–H groups in total. The summed E-state index contributed by atoms with van der Waals surface area (Å²) >= 11 is 5.40. The van der Waals surface area contributed by atoms with E-state index in [0.717, 1.165) is 6.07 Å². The van der Waals surface area contributed by atoms with Gasteiger partial charge in [-0.05, 0) is 18.6 Å². The van der Waals surface area contributed by atoms with Gasteiger partial charge in [0.15, 0.2) is 0 Å². The first-order valence-electron chi connectivity index (χ1n) is 5.46. The predicted octanol–water partition coefficient (Wildman–Crippen LogP) is 3.22. The summed E-state index contributed by atoms with van der Waals surface area (Å²) in [5, 5.41) is 0. The third-order valence-corrected chi connectivity index (χ3v) is 2.67. The summed E-state index contributed by atoms with van der Waals surface area (Å²) in [4.78, 5) is 12.6. The first-order chi connectivity index (χ1) is 8.88. The van der Waals surface area contributed by atoms with Gasteiger partial charge >= 0.3 is 0 Å². The summed E-state index contributed by atoms with van der Waals surface area (Å²) in [5.41, 5.74) is -0.765. The van der Waals surface area contributed by atoms with Crippen LogP contribution in [-0.4, -0.2) is 36.2 Å². The number of alkyl halides is 3. The Morgan fingerprint density at radius 1 is 1.37 bits per heavy atom. The minimum Gasteiger partial charge on any atom is -0.332 e. The molecule has 0 spiro atoms. The highest BCUT2D eigenvalue weighted by Gasteiger charge is 2.25. The number of benzene rings is 1. The van der Waals surface area contributed by atoms with E-state index < -0.39 is 36.1 Å². The van der Waals surface area contributed by atoms with E-state index in [0.29, 0.717) is 4.90 Å². The van der Waals surface area contributed by atoms with Crippen molar-refractivity contribution in [1.29, 1.82) is 0 Å². The van der Waals surface area contributed by atoms with Crippen LogP contribution in [0.15, 0.2) is 12.1 Å². The average molecular weight is 298 g/mol. The Bertz CT molecular complexity index is 467. The molecule has 0 aliphatic heterocycles.